The van der Waals surface area contributed by atoms with Crippen LogP contribution in [0.1, 0.15) is 29.3 Å². The van der Waals surface area contributed by atoms with Crippen LogP contribution in [-0.2, 0) is 24.2 Å². The van der Waals surface area contributed by atoms with Crippen LogP contribution < -0.4 is 15.6 Å². The first-order valence-corrected chi connectivity index (χ1v) is 10.3. The van der Waals surface area contributed by atoms with Gasteiger partial charge in [0.15, 0.2) is 0 Å². The predicted octanol–water partition coefficient (Wildman–Crippen LogP) is 3.71. The lowest BCUT2D eigenvalue weighted by Gasteiger charge is -2.17. The van der Waals surface area contributed by atoms with Crippen LogP contribution in [0.15, 0.2) is 35.3 Å². The Bertz CT molecular complexity index is 1200. The molecule has 1 N–H and O–H groups in total. The van der Waals surface area contributed by atoms with Gasteiger partial charge in [-0.15, -0.1) is 11.3 Å². The Hall–Kier alpha value is -3.11. The van der Waals surface area contributed by atoms with Crippen molar-refractivity contribution in [2.24, 2.45) is 5.92 Å². The maximum absolute atomic E-state index is 12.7. The Labute approximate surface area is 172 Å². The Morgan fingerprint density at radius 3 is 3.00 bits per heavy atom. The summed E-state index contributed by atoms with van der Waals surface area (Å²) in [5.41, 5.74) is 1.41. The summed E-state index contributed by atoms with van der Waals surface area (Å²) in [6.45, 7) is 2.10. The first-order valence-electron chi connectivity index (χ1n) is 9.52. The second-order valence-corrected chi connectivity index (χ2v) is 8.52. The number of nitrogens with zero attached hydrogens (tertiary/aromatic N) is 2. The summed E-state index contributed by atoms with van der Waals surface area (Å²) in [6.07, 6.45) is 4.48. The molecular weight excluding hydrogens is 386 g/mol. The highest BCUT2D eigenvalue weighted by molar-refractivity contribution is 7.16. The van der Waals surface area contributed by atoms with Crippen LogP contribution in [0, 0.1) is 17.2 Å². The molecule has 0 bridgehead atoms. The van der Waals surface area contributed by atoms with Crippen molar-refractivity contribution in [3.63, 3.8) is 0 Å². The number of amides is 1. The molecule has 0 saturated carbocycles. The fraction of sp³-hybridized carbons (Fsp3) is 0.318. The molecule has 1 amide bonds. The summed E-state index contributed by atoms with van der Waals surface area (Å²) in [5.74, 6) is 0.946. The largest absolute Gasteiger partial charge is 0.497 e. The average Bonchev–Trinajstić information content (AvgIpc) is 3.05. The highest BCUT2D eigenvalue weighted by Gasteiger charge is 2.24. The maximum atomic E-state index is 12.7. The second kappa shape index (κ2) is 7.72. The molecule has 0 saturated heterocycles. The highest BCUT2D eigenvalue weighted by Crippen LogP contribution is 2.39. The fourth-order valence-electron chi connectivity index (χ4n) is 3.80. The van der Waals surface area contributed by atoms with Gasteiger partial charge in [-0.25, -0.2) is 0 Å². The molecule has 1 aliphatic carbocycles. The molecule has 4 rings (SSSR count). The molecule has 7 heteroatoms. The van der Waals surface area contributed by atoms with E-state index in [1.54, 1.807) is 37.6 Å². The topological polar surface area (TPSA) is 84.1 Å². The number of hydrogen-bond donors (Lipinski definition) is 1. The number of thiophene rings is 1. The van der Waals surface area contributed by atoms with E-state index >= 15 is 0 Å². The minimum atomic E-state index is -0.317. The summed E-state index contributed by atoms with van der Waals surface area (Å²) in [6, 6.07) is 9.26. The highest BCUT2D eigenvalue weighted by atomic mass is 32.1. The molecule has 6 nitrogen and oxygen atoms in total. The summed E-state index contributed by atoms with van der Waals surface area (Å²) < 4.78 is 6.57. The van der Waals surface area contributed by atoms with Crippen molar-refractivity contribution in [3.8, 4) is 11.8 Å². The van der Waals surface area contributed by atoms with Gasteiger partial charge in [0, 0.05) is 16.5 Å². The van der Waals surface area contributed by atoms with Gasteiger partial charge in [0.1, 0.15) is 23.4 Å². The minimum Gasteiger partial charge on any atom is -0.497 e. The van der Waals surface area contributed by atoms with E-state index in [0.717, 1.165) is 30.2 Å². The van der Waals surface area contributed by atoms with Gasteiger partial charge in [-0.05, 0) is 60.4 Å². The lowest BCUT2D eigenvalue weighted by Crippen LogP contribution is -2.27. The van der Waals surface area contributed by atoms with Gasteiger partial charge in [-0.2, -0.15) is 5.26 Å². The molecule has 0 fully saturated rings. The van der Waals surface area contributed by atoms with Gasteiger partial charge in [0.2, 0.25) is 5.91 Å². The molecule has 148 valence electrons. The van der Waals surface area contributed by atoms with Crippen molar-refractivity contribution < 1.29 is 9.53 Å². The second-order valence-electron chi connectivity index (χ2n) is 7.42. The molecule has 1 unspecified atom stereocenters. The zero-order chi connectivity index (χ0) is 20.5. The van der Waals surface area contributed by atoms with Crippen LogP contribution in [0.2, 0.25) is 0 Å². The number of rotatable bonds is 4. The number of methoxy groups -OCH3 is 1. The van der Waals surface area contributed by atoms with Crippen molar-refractivity contribution in [2.75, 3.05) is 12.4 Å². The maximum Gasteiger partial charge on any atom is 0.258 e. The van der Waals surface area contributed by atoms with Crippen LogP contribution in [0.3, 0.4) is 0 Å². The van der Waals surface area contributed by atoms with Crippen LogP contribution in [-0.4, -0.2) is 17.6 Å². The van der Waals surface area contributed by atoms with Gasteiger partial charge in [0.25, 0.3) is 5.56 Å². The van der Waals surface area contributed by atoms with Gasteiger partial charge in [-0.1, -0.05) is 6.92 Å². The van der Waals surface area contributed by atoms with Crippen LogP contribution >= 0.6 is 11.3 Å². The number of anilines is 1. The third-order valence-corrected chi connectivity index (χ3v) is 6.54. The molecule has 3 aromatic rings. The van der Waals surface area contributed by atoms with E-state index in [-0.39, 0.29) is 18.0 Å². The summed E-state index contributed by atoms with van der Waals surface area (Å²) in [7, 11) is 1.57. The summed E-state index contributed by atoms with van der Waals surface area (Å²) in [5, 5.41) is 14.3. The SMILES string of the molecule is COc1ccc2c(=O)n(CC(=O)Nc3sc4c(c3C#N)CCC(C)C4)ccc2c1. The van der Waals surface area contributed by atoms with Gasteiger partial charge < -0.3 is 14.6 Å². The lowest BCUT2D eigenvalue weighted by molar-refractivity contribution is -0.116. The Morgan fingerprint density at radius 1 is 1.41 bits per heavy atom. The van der Waals surface area contributed by atoms with Gasteiger partial charge in [-0.3, -0.25) is 9.59 Å². The van der Waals surface area contributed by atoms with E-state index in [1.807, 2.05) is 0 Å². The van der Waals surface area contributed by atoms with Crippen molar-refractivity contribution in [1.29, 1.82) is 5.26 Å². The van der Waals surface area contributed by atoms with Crippen molar-refractivity contribution in [1.82, 2.24) is 4.57 Å². The Balaban J connectivity index is 1.57. The summed E-state index contributed by atoms with van der Waals surface area (Å²) in [4.78, 5) is 26.5. The molecule has 1 atom stereocenters. The van der Waals surface area contributed by atoms with E-state index in [9.17, 15) is 14.9 Å². The summed E-state index contributed by atoms with van der Waals surface area (Å²) >= 11 is 1.48. The number of carbonyl (C=O) groups excluding carboxylic acids is 1. The number of ether oxygens (including phenoxy) is 1. The van der Waals surface area contributed by atoms with E-state index in [1.165, 1.54) is 20.8 Å². The van der Waals surface area contributed by atoms with Crippen molar-refractivity contribution in [3.05, 3.63) is 56.8 Å². The Kier molecular flexibility index (Phi) is 5.12. The number of nitriles is 1. The first-order chi connectivity index (χ1) is 14.0. The lowest BCUT2D eigenvalue weighted by atomic mass is 9.89. The first kappa shape index (κ1) is 19.2. The molecule has 1 aliphatic rings. The quantitative estimate of drug-likeness (QED) is 0.715. The van der Waals surface area contributed by atoms with Crippen molar-refractivity contribution >= 4 is 33.0 Å². The van der Waals surface area contributed by atoms with E-state index in [2.05, 4.69) is 18.3 Å². The number of nitrogens with one attached hydrogen (secondary N) is 1. The molecule has 0 spiro atoms. The van der Waals surface area contributed by atoms with Crippen molar-refractivity contribution in [2.45, 2.75) is 32.7 Å². The number of aromatic nitrogens is 1. The average molecular weight is 407 g/mol. The zero-order valence-corrected chi connectivity index (χ0v) is 17.1. The number of pyridine rings is 1. The molecule has 0 aliphatic heterocycles. The van der Waals surface area contributed by atoms with Crippen LogP contribution in [0.25, 0.3) is 10.8 Å². The third-order valence-electron chi connectivity index (χ3n) is 5.37. The van der Waals surface area contributed by atoms with E-state index < -0.39 is 0 Å². The molecule has 2 heterocycles. The number of benzene rings is 1. The normalized spacial score (nSPS) is 15.6. The number of hydrogen-bond acceptors (Lipinski definition) is 5. The number of carbonyl (C=O) groups is 1. The zero-order valence-electron chi connectivity index (χ0n) is 16.3. The molecular formula is C22H21N3O3S. The smallest absolute Gasteiger partial charge is 0.258 e. The molecule has 0 radical (unpaired) electrons. The molecule has 2 aromatic heterocycles. The van der Waals surface area contributed by atoms with Gasteiger partial charge >= 0.3 is 0 Å². The Morgan fingerprint density at radius 2 is 2.24 bits per heavy atom. The fourth-order valence-corrected chi connectivity index (χ4v) is 5.17. The van der Waals surface area contributed by atoms with E-state index in [0.29, 0.717) is 27.6 Å². The molecule has 1 aromatic carbocycles. The van der Waals surface area contributed by atoms with E-state index in [4.69, 9.17) is 4.74 Å². The number of fused-ring (bicyclic) bond motifs is 2. The molecule has 29 heavy (non-hydrogen) atoms. The van der Waals surface area contributed by atoms with Crippen LogP contribution in [0.4, 0.5) is 5.00 Å². The van der Waals surface area contributed by atoms with Crippen LogP contribution in [0.5, 0.6) is 5.75 Å². The van der Waals surface area contributed by atoms with Gasteiger partial charge in [0.05, 0.1) is 12.7 Å². The third kappa shape index (κ3) is 3.64. The standard InChI is InChI=1S/C22H21N3O3S/c1-13-3-5-17-18(11-23)21(29-19(17)9-13)24-20(26)12-25-8-7-14-10-15(28-2)4-6-16(14)22(25)27/h4,6-8,10,13H,3,5,9,12H2,1-2H3,(H,24,26). The predicted molar refractivity (Wildman–Crippen MR) is 114 cm³/mol. The minimum absolute atomic E-state index is 0.107. The monoisotopic (exact) mass is 407 g/mol.